The first-order chi connectivity index (χ1) is 11.1. The monoisotopic (exact) mass is 326 g/mol. The van der Waals surface area contributed by atoms with Crippen molar-refractivity contribution in [3.63, 3.8) is 0 Å². The summed E-state index contributed by atoms with van der Waals surface area (Å²) in [6, 6.07) is 0. The molecule has 0 aromatic carbocycles. The van der Waals surface area contributed by atoms with Crippen molar-refractivity contribution in [2.45, 2.75) is 90.1 Å². The third-order valence-electron chi connectivity index (χ3n) is 3.90. The lowest BCUT2D eigenvalue weighted by Gasteiger charge is -2.07. The van der Waals surface area contributed by atoms with E-state index in [2.05, 4.69) is 17.7 Å². The second-order valence-electron chi connectivity index (χ2n) is 6.03. The molecule has 0 aliphatic heterocycles. The molecule has 23 heavy (non-hydrogen) atoms. The number of allylic oxidation sites excluding steroid dienone is 1. The Bertz CT molecular complexity index is 336. The minimum absolute atomic E-state index is 0.0576. The van der Waals surface area contributed by atoms with Crippen LogP contribution < -0.4 is 0 Å². The predicted molar refractivity (Wildman–Crippen MR) is 93.2 cm³/mol. The van der Waals surface area contributed by atoms with E-state index >= 15 is 0 Å². The second kappa shape index (κ2) is 15.7. The van der Waals surface area contributed by atoms with Crippen LogP contribution in [0.5, 0.6) is 0 Å². The number of hydrogen-bond acceptors (Lipinski definition) is 4. The first kappa shape index (κ1) is 21.8. The predicted octanol–water partition coefficient (Wildman–Crippen LogP) is 4.35. The number of ketones is 1. The highest BCUT2D eigenvalue weighted by Gasteiger charge is 2.12. The first-order valence-electron chi connectivity index (χ1n) is 9.04. The third-order valence-corrected chi connectivity index (χ3v) is 3.90. The van der Waals surface area contributed by atoms with Crippen LogP contribution in [0.3, 0.4) is 0 Å². The minimum atomic E-state index is -0.850. The molecule has 0 amide bonds. The molecular formula is C19H34O4. The molecule has 0 saturated carbocycles. The van der Waals surface area contributed by atoms with Gasteiger partial charge in [-0.2, -0.15) is 0 Å². The number of rotatable bonds is 15. The van der Waals surface area contributed by atoms with Crippen molar-refractivity contribution < 1.29 is 19.4 Å². The van der Waals surface area contributed by atoms with E-state index in [-0.39, 0.29) is 11.8 Å². The molecule has 134 valence electrons. The summed E-state index contributed by atoms with van der Waals surface area (Å²) in [5, 5.41) is 9.80. The summed E-state index contributed by atoms with van der Waals surface area (Å²) < 4.78 is 4.58. The molecule has 0 heterocycles. The van der Waals surface area contributed by atoms with Crippen LogP contribution in [-0.2, 0) is 14.3 Å². The maximum Gasteiger partial charge on any atom is 0.305 e. The van der Waals surface area contributed by atoms with Crippen molar-refractivity contribution in [3.05, 3.63) is 12.2 Å². The zero-order chi connectivity index (χ0) is 17.3. The van der Waals surface area contributed by atoms with Crippen LogP contribution in [-0.4, -0.2) is 30.1 Å². The molecule has 0 rings (SSSR count). The van der Waals surface area contributed by atoms with Crippen molar-refractivity contribution >= 4 is 11.8 Å². The first-order valence-corrected chi connectivity index (χ1v) is 9.04. The van der Waals surface area contributed by atoms with Crippen molar-refractivity contribution in [2.24, 2.45) is 0 Å². The average Bonchev–Trinajstić information content (AvgIpc) is 2.56. The van der Waals surface area contributed by atoms with Crippen LogP contribution in [0.4, 0.5) is 0 Å². The molecule has 0 aromatic heterocycles. The maximum atomic E-state index is 11.8. The normalized spacial score (nSPS) is 12.5. The Morgan fingerprint density at radius 1 is 0.957 bits per heavy atom. The summed E-state index contributed by atoms with van der Waals surface area (Å²) in [5.41, 5.74) is 0. The number of ether oxygens (including phenoxy) is 1. The summed E-state index contributed by atoms with van der Waals surface area (Å²) in [7, 11) is 1.40. The minimum Gasteiger partial charge on any atom is -0.469 e. The Morgan fingerprint density at radius 3 is 2.26 bits per heavy atom. The van der Waals surface area contributed by atoms with Gasteiger partial charge in [-0.05, 0) is 32.1 Å². The fourth-order valence-electron chi connectivity index (χ4n) is 2.35. The molecule has 0 saturated heterocycles. The SMILES string of the molecule is CCCCCC=CCC(O)C(=O)CCCCCCCC(=O)OC. The lowest BCUT2D eigenvalue weighted by Crippen LogP contribution is -2.19. The van der Waals surface area contributed by atoms with E-state index in [1.165, 1.54) is 26.4 Å². The molecule has 4 heteroatoms. The Labute approximate surface area is 141 Å². The van der Waals surface area contributed by atoms with E-state index in [4.69, 9.17) is 0 Å². The van der Waals surface area contributed by atoms with Gasteiger partial charge in [0, 0.05) is 12.8 Å². The van der Waals surface area contributed by atoms with Crippen LogP contribution in [0, 0.1) is 0 Å². The Morgan fingerprint density at radius 2 is 1.61 bits per heavy atom. The highest BCUT2D eigenvalue weighted by molar-refractivity contribution is 5.82. The highest BCUT2D eigenvalue weighted by Crippen LogP contribution is 2.10. The molecule has 0 bridgehead atoms. The van der Waals surface area contributed by atoms with Crippen LogP contribution in [0.15, 0.2) is 12.2 Å². The molecule has 0 aliphatic rings. The van der Waals surface area contributed by atoms with Gasteiger partial charge in [-0.1, -0.05) is 51.2 Å². The van der Waals surface area contributed by atoms with Crippen LogP contribution >= 0.6 is 0 Å². The largest absolute Gasteiger partial charge is 0.469 e. The quantitative estimate of drug-likeness (QED) is 0.276. The second-order valence-corrected chi connectivity index (χ2v) is 6.03. The average molecular weight is 326 g/mol. The van der Waals surface area contributed by atoms with Gasteiger partial charge in [-0.25, -0.2) is 0 Å². The number of hydrogen-bond donors (Lipinski definition) is 1. The van der Waals surface area contributed by atoms with Crippen molar-refractivity contribution in [3.8, 4) is 0 Å². The smallest absolute Gasteiger partial charge is 0.305 e. The van der Waals surface area contributed by atoms with Gasteiger partial charge in [0.2, 0.25) is 0 Å². The van der Waals surface area contributed by atoms with Gasteiger partial charge in [0.05, 0.1) is 7.11 Å². The molecule has 1 unspecified atom stereocenters. The standard InChI is InChI=1S/C19H34O4/c1-3-4-5-6-8-11-14-17(20)18(21)15-12-9-7-10-13-16-19(22)23-2/h8,11,17,20H,3-7,9-10,12-16H2,1-2H3. The summed E-state index contributed by atoms with van der Waals surface area (Å²) >= 11 is 0. The Hall–Kier alpha value is -1.16. The van der Waals surface area contributed by atoms with Crippen molar-refractivity contribution in [2.75, 3.05) is 7.11 Å². The number of unbranched alkanes of at least 4 members (excludes halogenated alkanes) is 7. The summed E-state index contributed by atoms with van der Waals surface area (Å²) in [4.78, 5) is 22.7. The van der Waals surface area contributed by atoms with Gasteiger partial charge in [-0.15, -0.1) is 0 Å². The molecule has 1 atom stereocenters. The van der Waals surface area contributed by atoms with E-state index in [1.54, 1.807) is 0 Å². The number of carbonyl (C=O) groups excluding carboxylic acids is 2. The molecule has 0 fully saturated rings. The fourth-order valence-corrected chi connectivity index (χ4v) is 2.35. The van der Waals surface area contributed by atoms with Gasteiger partial charge in [0.1, 0.15) is 6.10 Å². The Kier molecular flexibility index (Phi) is 14.9. The maximum absolute atomic E-state index is 11.8. The highest BCUT2D eigenvalue weighted by atomic mass is 16.5. The number of aliphatic hydroxyl groups is 1. The number of Topliss-reactive ketones (excluding diaryl/α,β-unsaturated/α-hetero) is 1. The number of esters is 1. The van der Waals surface area contributed by atoms with E-state index in [9.17, 15) is 14.7 Å². The molecule has 0 aliphatic carbocycles. The van der Waals surface area contributed by atoms with Crippen molar-refractivity contribution in [1.29, 1.82) is 0 Å². The lowest BCUT2D eigenvalue weighted by atomic mass is 10.0. The molecule has 0 spiro atoms. The van der Waals surface area contributed by atoms with Gasteiger partial charge in [-0.3, -0.25) is 9.59 Å². The topological polar surface area (TPSA) is 63.6 Å². The molecule has 1 N–H and O–H groups in total. The van der Waals surface area contributed by atoms with Gasteiger partial charge in [0.15, 0.2) is 5.78 Å². The summed E-state index contributed by atoms with van der Waals surface area (Å²) in [6.07, 6.45) is 13.7. The van der Waals surface area contributed by atoms with E-state index in [0.717, 1.165) is 38.5 Å². The molecular weight excluding hydrogens is 292 g/mol. The lowest BCUT2D eigenvalue weighted by molar-refractivity contribution is -0.140. The molecule has 0 aromatic rings. The molecule has 0 radical (unpaired) electrons. The third kappa shape index (κ3) is 14.2. The fraction of sp³-hybridized carbons (Fsp3) is 0.789. The number of aliphatic hydroxyl groups excluding tert-OH is 1. The van der Waals surface area contributed by atoms with Crippen molar-refractivity contribution in [1.82, 2.24) is 0 Å². The summed E-state index contributed by atoms with van der Waals surface area (Å²) in [6.45, 7) is 2.17. The Balaban J connectivity index is 3.52. The van der Waals surface area contributed by atoms with Gasteiger partial charge in [0.25, 0.3) is 0 Å². The molecule has 4 nitrogen and oxygen atoms in total. The van der Waals surface area contributed by atoms with E-state index < -0.39 is 6.10 Å². The zero-order valence-corrected chi connectivity index (χ0v) is 14.9. The van der Waals surface area contributed by atoms with Crippen LogP contribution in [0.2, 0.25) is 0 Å². The number of carbonyl (C=O) groups is 2. The zero-order valence-electron chi connectivity index (χ0n) is 14.9. The van der Waals surface area contributed by atoms with Crippen LogP contribution in [0.25, 0.3) is 0 Å². The van der Waals surface area contributed by atoms with Gasteiger partial charge < -0.3 is 9.84 Å². The van der Waals surface area contributed by atoms with Gasteiger partial charge >= 0.3 is 5.97 Å². The van der Waals surface area contributed by atoms with E-state index in [1.807, 2.05) is 6.08 Å². The van der Waals surface area contributed by atoms with E-state index in [0.29, 0.717) is 19.3 Å². The number of methoxy groups -OCH3 is 1. The summed E-state index contributed by atoms with van der Waals surface area (Å²) in [5.74, 6) is -0.219. The van der Waals surface area contributed by atoms with Crippen LogP contribution in [0.1, 0.15) is 84.0 Å².